The van der Waals surface area contributed by atoms with Gasteiger partial charge in [0, 0.05) is 18.7 Å². The third-order valence-electron chi connectivity index (χ3n) is 5.52. The average Bonchev–Trinajstić information content (AvgIpc) is 2.83. The van der Waals surface area contributed by atoms with Gasteiger partial charge in [0.1, 0.15) is 0 Å². The van der Waals surface area contributed by atoms with E-state index in [0.29, 0.717) is 43.9 Å². The SMILES string of the molecule is O=C(c1ccccc1C(=O)N1CCOCC1)C(Cc1ccccc1)c1ccccc1. The molecule has 0 aromatic heterocycles. The number of carbonyl (C=O) groups excluding carboxylic acids is 2. The van der Waals surface area contributed by atoms with Gasteiger partial charge in [-0.2, -0.15) is 0 Å². The molecule has 152 valence electrons. The second-order valence-electron chi connectivity index (χ2n) is 7.47. The van der Waals surface area contributed by atoms with Gasteiger partial charge in [-0.15, -0.1) is 0 Å². The summed E-state index contributed by atoms with van der Waals surface area (Å²) in [4.78, 5) is 28.7. The maximum atomic E-state index is 13.8. The summed E-state index contributed by atoms with van der Waals surface area (Å²) in [7, 11) is 0. The van der Waals surface area contributed by atoms with E-state index in [1.165, 1.54) is 0 Å². The Kier molecular flexibility index (Phi) is 6.35. The highest BCUT2D eigenvalue weighted by Crippen LogP contribution is 2.27. The smallest absolute Gasteiger partial charge is 0.254 e. The van der Waals surface area contributed by atoms with Crippen LogP contribution in [0.4, 0.5) is 0 Å². The van der Waals surface area contributed by atoms with Crippen LogP contribution < -0.4 is 0 Å². The van der Waals surface area contributed by atoms with Crippen molar-refractivity contribution in [1.82, 2.24) is 4.90 Å². The molecule has 0 bridgehead atoms. The predicted octanol–water partition coefficient (Wildman–Crippen LogP) is 4.37. The van der Waals surface area contributed by atoms with E-state index >= 15 is 0 Å². The second kappa shape index (κ2) is 9.51. The number of amides is 1. The van der Waals surface area contributed by atoms with E-state index in [4.69, 9.17) is 4.74 Å². The zero-order valence-corrected chi connectivity index (χ0v) is 16.9. The number of nitrogens with zero attached hydrogens (tertiary/aromatic N) is 1. The molecule has 1 heterocycles. The molecule has 1 unspecified atom stereocenters. The second-order valence-corrected chi connectivity index (χ2v) is 7.47. The van der Waals surface area contributed by atoms with E-state index in [1.54, 1.807) is 17.0 Å². The molecule has 1 saturated heterocycles. The molecule has 3 aromatic carbocycles. The summed E-state index contributed by atoms with van der Waals surface area (Å²) < 4.78 is 5.37. The molecule has 4 nitrogen and oxygen atoms in total. The quantitative estimate of drug-likeness (QED) is 0.579. The maximum absolute atomic E-state index is 13.8. The number of rotatable bonds is 6. The van der Waals surface area contributed by atoms with Crippen molar-refractivity contribution >= 4 is 11.7 Å². The Labute approximate surface area is 177 Å². The standard InChI is InChI=1S/C26H25NO3/c28-25(22-13-7-8-14-23(22)26(29)27-15-17-30-18-16-27)24(21-11-5-2-6-12-21)19-20-9-3-1-4-10-20/h1-14,24H,15-19H2. The van der Waals surface area contributed by atoms with Crippen LogP contribution in [-0.4, -0.2) is 42.9 Å². The first kappa shape index (κ1) is 20.0. The summed E-state index contributed by atoms with van der Waals surface area (Å²) in [5, 5.41) is 0. The molecule has 3 aromatic rings. The summed E-state index contributed by atoms with van der Waals surface area (Å²) in [5.41, 5.74) is 3.01. The van der Waals surface area contributed by atoms with E-state index < -0.39 is 0 Å². The number of Topliss-reactive ketones (excluding diaryl/α,β-unsaturated/α-hetero) is 1. The van der Waals surface area contributed by atoms with Gasteiger partial charge >= 0.3 is 0 Å². The number of ether oxygens (including phenoxy) is 1. The molecule has 0 saturated carbocycles. The van der Waals surface area contributed by atoms with Gasteiger partial charge in [0.05, 0.1) is 24.7 Å². The van der Waals surface area contributed by atoms with Crippen molar-refractivity contribution in [2.24, 2.45) is 0 Å². The fourth-order valence-electron chi connectivity index (χ4n) is 3.91. The molecule has 4 heteroatoms. The number of ketones is 1. The van der Waals surface area contributed by atoms with Crippen molar-refractivity contribution < 1.29 is 14.3 Å². The van der Waals surface area contributed by atoms with Crippen LogP contribution in [-0.2, 0) is 11.2 Å². The van der Waals surface area contributed by atoms with Crippen molar-refractivity contribution in [3.05, 3.63) is 107 Å². The predicted molar refractivity (Wildman–Crippen MR) is 117 cm³/mol. The Morgan fingerprint density at radius 2 is 1.33 bits per heavy atom. The van der Waals surface area contributed by atoms with Crippen LogP contribution in [0.3, 0.4) is 0 Å². The Morgan fingerprint density at radius 1 is 0.767 bits per heavy atom. The number of morpholine rings is 1. The van der Waals surface area contributed by atoms with Crippen LogP contribution in [0.15, 0.2) is 84.9 Å². The monoisotopic (exact) mass is 399 g/mol. The maximum Gasteiger partial charge on any atom is 0.254 e. The first-order valence-electron chi connectivity index (χ1n) is 10.3. The fraction of sp³-hybridized carbons (Fsp3) is 0.231. The molecule has 30 heavy (non-hydrogen) atoms. The first-order chi connectivity index (χ1) is 14.7. The summed E-state index contributed by atoms with van der Waals surface area (Å²) >= 11 is 0. The number of carbonyl (C=O) groups is 2. The fourth-order valence-corrected chi connectivity index (χ4v) is 3.91. The molecule has 4 rings (SSSR count). The zero-order valence-electron chi connectivity index (χ0n) is 16.9. The van der Waals surface area contributed by atoms with E-state index in [-0.39, 0.29) is 17.6 Å². The highest BCUT2D eigenvalue weighted by atomic mass is 16.5. The minimum Gasteiger partial charge on any atom is -0.378 e. The van der Waals surface area contributed by atoms with Crippen LogP contribution >= 0.6 is 0 Å². The Balaban J connectivity index is 1.69. The molecule has 0 aliphatic carbocycles. The lowest BCUT2D eigenvalue weighted by molar-refractivity contribution is 0.0301. The molecule has 1 aliphatic heterocycles. The lowest BCUT2D eigenvalue weighted by Gasteiger charge is -2.28. The minimum atomic E-state index is -0.354. The molecule has 1 aliphatic rings. The third-order valence-corrected chi connectivity index (χ3v) is 5.52. The lowest BCUT2D eigenvalue weighted by atomic mass is 9.84. The topological polar surface area (TPSA) is 46.6 Å². The van der Waals surface area contributed by atoms with Gasteiger partial charge in [-0.05, 0) is 23.6 Å². The first-order valence-corrected chi connectivity index (χ1v) is 10.3. The van der Waals surface area contributed by atoms with Gasteiger partial charge in [-0.25, -0.2) is 0 Å². The molecular formula is C26H25NO3. The van der Waals surface area contributed by atoms with Crippen molar-refractivity contribution in [3.63, 3.8) is 0 Å². The van der Waals surface area contributed by atoms with Gasteiger partial charge in [-0.3, -0.25) is 9.59 Å². The van der Waals surface area contributed by atoms with Crippen LogP contribution in [0.2, 0.25) is 0 Å². The van der Waals surface area contributed by atoms with E-state index in [2.05, 4.69) is 0 Å². The minimum absolute atomic E-state index is 0.0257. The van der Waals surface area contributed by atoms with Gasteiger partial charge in [0.25, 0.3) is 5.91 Å². The van der Waals surface area contributed by atoms with Crippen molar-refractivity contribution in [2.75, 3.05) is 26.3 Å². The summed E-state index contributed by atoms with van der Waals surface area (Å²) in [6.07, 6.45) is 0.587. The Hall–Kier alpha value is -3.24. The lowest BCUT2D eigenvalue weighted by Crippen LogP contribution is -2.41. The van der Waals surface area contributed by atoms with Crippen LogP contribution in [0, 0.1) is 0 Å². The van der Waals surface area contributed by atoms with Crippen LogP contribution in [0.1, 0.15) is 37.8 Å². The van der Waals surface area contributed by atoms with Gasteiger partial charge in [-0.1, -0.05) is 78.9 Å². The van der Waals surface area contributed by atoms with Gasteiger partial charge < -0.3 is 9.64 Å². The summed E-state index contributed by atoms with van der Waals surface area (Å²) in [6.45, 7) is 2.16. The molecule has 1 fully saturated rings. The highest BCUT2D eigenvalue weighted by Gasteiger charge is 2.28. The van der Waals surface area contributed by atoms with Crippen LogP contribution in [0.25, 0.3) is 0 Å². The number of hydrogen-bond donors (Lipinski definition) is 0. The Bertz CT molecular complexity index is 995. The molecule has 1 atom stereocenters. The number of hydrogen-bond acceptors (Lipinski definition) is 3. The van der Waals surface area contributed by atoms with E-state index in [9.17, 15) is 9.59 Å². The highest BCUT2D eigenvalue weighted by molar-refractivity contribution is 6.10. The van der Waals surface area contributed by atoms with E-state index in [0.717, 1.165) is 11.1 Å². The summed E-state index contributed by atoms with van der Waals surface area (Å²) in [6, 6.07) is 27.0. The van der Waals surface area contributed by atoms with Crippen molar-refractivity contribution in [1.29, 1.82) is 0 Å². The summed E-state index contributed by atoms with van der Waals surface area (Å²) in [5.74, 6) is -0.483. The normalized spacial score (nSPS) is 14.9. The van der Waals surface area contributed by atoms with Gasteiger partial charge in [0.15, 0.2) is 5.78 Å². The average molecular weight is 399 g/mol. The third kappa shape index (κ3) is 4.50. The molecule has 0 N–H and O–H groups in total. The largest absolute Gasteiger partial charge is 0.378 e. The van der Waals surface area contributed by atoms with Crippen LogP contribution in [0.5, 0.6) is 0 Å². The van der Waals surface area contributed by atoms with Gasteiger partial charge in [0.2, 0.25) is 0 Å². The van der Waals surface area contributed by atoms with E-state index in [1.807, 2.05) is 72.8 Å². The Morgan fingerprint density at radius 3 is 2.00 bits per heavy atom. The van der Waals surface area contributed by atoms with Crippen molar-refractivity contribution in [3.8, 4) is 0 Å². The molecule has 0 spiro atoms. The molecular weight excluding hydrogens is 374 g/mol. The van der Waals surface area contributed by atoms with Crippen molar-refractivity contribution in [2.45, 2.75) is 12.3 Å². The molecule has 0 radical (unpaired) electrons. The zero-order chi connectivity index (χ0) is 20.8. The molecule has 1 amide bonds. The number of benzene rings is 3.